The van der Waals surface area contributed by atoms with Gasteiger partial charge >= 0.3 is 0 Å². The second-order valence-electron chi connectivity index (χ2n) is 6.67. The number of carbonyl (C=O) groups is 1. The van der Waals surface area contributed by atoms with Crippen molar-refractivity contribution in [3.05, 3.63) is 52.5 Å². The van der Waals surface area contributed by atoms with Gasteiger partial charge in [0.15, 0.2) is 0 Å². The normalized spacial score (nSPS) is 12.9. The van der Waals surface area contributed by atoms with E-state index < -0.39 is 0 Å². The zero-order chi connectivity index (χ0) is 16.2. The Bertz CT molecular complexity index is 587. The van der Waals surface area contributed by atoms with E-state index in [2.05, 4.69) is 25.8 Å². The molecule has 0 aromatic carbocycles. The first kappa shape index (κ1) is 16.7. The molecule has 0 bridgehead atoms. The molecule has 4 heteroatoms. The second-order valence-corrected chi connectivity index (χ2v) is 7.70. The largest absolute Gasteiger partial charge is 0.342 e. The van der Waals surface area contributed by atoms with Gasteiger partial charge in [0.25, 0.3) is 0 Å². The average Bonchev–Trinajstić information content (AvgIpc) is 2.97. The molecule has 0 N–H and O–H groups in total. The van der Waals surface area contributed by atoms with Crippen LogP contribution in [0.3, 0.4) is 0 Å². The first-order valence-electron chi connectivity index (χ1n) is 7.56. The van der Waals surface area contributed by atoms with Crippen molar-refractivity contribution >= 4 is 17.2 Å². The molecular formula is C18H24N2OS. The summed E-state index contributed by atoms with van der Waals surface area (Å²) in [5.41, 5.74) is 1.02. The summed E-state index contributed by atoms with van der Waals surface area (Å²) in [4.78, 5) is 20.0. The molecule has 0 aliphatic carbocycles. The van der Waals surface area contributed by atoms with E-state index >= 15 is 0 Å². The quantitative estimate of drug-likeness (QED) is 0.840. The maximum absolute atomic E-state index is 12.6. The Balaban J connectivity index is 2.12. The first-order valence-corrected chi connectivity index (χ1v) is 8.44. The van der Waals surface area contributed by atoms with Gasteiger partial charge in [0.1, 0.15) is 0 Å². The van der Waals surface area contributed by atoms with E-state index in [-0.39, 0.29) is 17.4 Å². The summed E-state index contributed by atoms with van der Waals surface area (Å²) in [5, 5.41) is 2.01. The third-order valence-corrected chi connectivity index (χ3v) is 4.77. The molecule has 2 heterocycles. The highest BCUT2D eigenvalue weighted by Gasteiger charge is 2.31. The molecule has 0 saturated carbocycles. The van der Waals surface area contributed by atoms with Crippen molar-refractivity contribution in [2.45, 2.75) is 39.7 Å². The lowest BCUT2D eigenvalue weighted by molar-refractivity contribution is -0.133. The molecule has 0 radical (unpaired) electrons. The van der Waals surface area contributed by atoms with Crippen LogP contribution in [0.15, 0.2) is 41.9 Å². The van der Waals surface area contributed by atoms with E-state index in [0.29, 0.717) is 6.42 Å². The standard InChI is InChI=1S/C18H24N2OS/c1-18(2,3)16(12-14-8-5-6-10-19-14)20(4)17(21)13-15-9-7-11-22-15/h5-11,16H,12-13H2,1-4H3. The lowest BCUT2D eigenvalue weighted by Crippen LogP contribution is -2.47. The third kappa shape index (κ3) is 4.41. The van der Waals surface area contributed by atoms with Gasteiger partial charge < -0.3 is 4.90 Å². The van der Waals surface area contributed by atoms with Crippen LogP contribution in [-0.4, -0.2) is 28.9 Å². The van der Waals surface area contributed by atoms with E-state index in [0.717, 1.165) is 17.0 Å². The number of likely N-dealkylation sites (N-methyl/N-ethyl adjacent to an activating group) is 1. The Labute approximate surface area is 137 Å². The van der Waals surface area contributed by atoms with E-state index in [4.69, 9.17) is 0 Å². The highest BCUT2D eigenvalue weighted by molar-refractivity contribution is 7.10. The van der Waals surface area contributed by atoms with Gasteiger partial charge in [-0.05, 0) is 29.0 Å². The molecule has 2 rings (SSSR count). The average molecular weight is 316 g/mol. The highest BCUT2D eigenvalue weighted by Crippen LogP contribution is 2.27. The predicted molar refractivity (Wildman–Crippen MR) is 92.0 cm³/mol. The number of nitrogens with zero attached hydrogens (tertiary/aromatic N) is 2. The fourth-order valence-electron chi connectivity index (χ4n) is 2.60. The molecule has 2 aromatic rings. The van der Waals surface area contributed by atoms with Crippen LogP contribution < -0.4 is 0 Å². The van der Waals surface area contributed by atoms with E-state index in [9.17, 15) is 4.79 Å². The van der Waals surface area contributed by atoms with Gasteiger partial charge in [-0.25, -0.2) is 0 Å². The summed E-state index contributed by atoms with van der Waals surface area (Å²) < 4.78 is 0. The maximum Gasteiger partial charge on any atom is 0.227 e. The van der Waals surface area contributed by atoms with Crippen molar-refractivity contribution in [2.24, 2.45) is 5.41 Å². The summed E-state index contributed by atoms with van der Waals surface area (Å²) in [7, 11) is 1.91. The molecule has 0 aliphatic rings. The zero-order valence-electron chi connectivity index (χ0n) is 13.7. The molecule has 0 spiro atoms. The predicted octanol–water partition coefficient (Wildman–Crippen LogP) is 3.80. The lowest BCUT2D eigenvalue weighted by Gasteiger charge is -2.38. The molecule has 1 unspecified atom stereocenters. The van der Waals surface area contributed by atoms with Crippen molar-refractivity contribution in [2.75, 3.05) is 7.05 Å². The van der Waals surface area contributed by atoms with Gasteiger partial charge in [-0.2, -0.15) is 0 Å². The van der Waals surface area contributed by atoms with E-state index in [1.165, 1.54) is 0 Å². The minimum Gasteiger partial charge on any atom is -0.342 e. The molecule has 0 fully saturated rings. The summed E-state index contributed by atoms with van der Waals surface area (Å²) in [6, 6.07) is 10.1. The van der Waals surface area contributed by atoms with Gasteiger partial charge in [-0.1, -0.05) is 32.9 Å². The highest BCUT2D eigenvalue weighted by atomic mass is 32.1. The molecule has 3 nitrogen and oxygen atoms in total. The van der Waals surface area contributed by atoms with Gasteiger partial charge in [-0.15, -0.1) is 11.3 Å². The Hall–Kier alpha value is -1.68. The number of rotatable bonds is 5. The van der Waals surface area contributed by atoms with Crippen molar-refractivity contribution in [3.63, 3.8) is 0 Å². The molecule has 0 saturated heterocycles. The van der Waals surface area contributed by atoms with Crippen LogP contribution in [0, 0.1) is 5.41 Å². The maximum atomic E-state index is 12.6. The Morgan fingerprint density at radius 3 is 2.59 bits per heavy atom. The number of hydrogen-bond acceptors (Lipinski definition) is 3. The third-order valence-electron chi connectivity index (χ3n) is 3.89. The van der Waals surface area contributed by atoms with Crippen LogP contribution >= 0.6 is 11.3 Å². The Morgan fingerprint density at radius 1 is 1.27 bits per heavy atom. The molecule has 22 heavy (non-hydrogen) atoms. The molecule has 2 aromatic heterocycles. The molecular weight excluding hydrogens is 292 g/mol. The van der Waals surface area contributed by atoms with Crippen molar-refractivity contribution < 1.29 is 4.79 Å². The number of hydrogen-bond donors (Lipinski definition) is 0. The summed E-state index contributed by atoms with van der Waals surface area (Å²) in [5.74, 6) is 0.165. The molecule has 0 aliphatic heterocycles. The number of pyridine rings is 1. The van der Waals surface area contributed by atoms with Crippen molar-refractivity contribution in [3.8, 4) is 0 Å². The smallest absolute Gasteiger partial charge is 0.227 e. The van der Waals surface area contributed by atoms with Gasteiger partial charge in [0.05, 0.1) is 6.42 Å². The minimum atomic E-state index is -0.00260. The van der Waals surface area contributed by atoms with Crippen LogP contribution in [0.1, 0.15) is 31.3 Å². The van der Waals surface area contributed by atoms with E-state index in [1.807, 2.05) is 53.9 Å². The number of aromatic nitrogens is 1. The topological polar surface area (TPSA) is 33.2 Å². The SMILES string of the molecule is CN(C(=O)Cc1cccs1)C(Cc1ccccn1)C(C)(C)C. The second kappa shape index (κ2) is 7.05. The Morgan fingerprint density at radius 2 is 2.05 bits per heavy atom. The zero-order valence-corrected chi connectivity index (χ0v) is 14.6. The van der Waals surface area contributed by atoms with Crippen LogP contribution in [-0.2, 0) is 17.6 Å². The van der Waals surface area contributed by atoms with Crippen molar-refractivity contribution in [1.29, 1.82) is 0 Å². The van der Waals surface area contributed by atoms with E-state index in [1.54, 1.807) is 11.3 Å². The van der Waals surface area contributed by atoms with Crippen LogP contribution in [0.2, 0.25) is 0 Å². The number of thiophene rings is 1. The fourth-order valence-corrected chi connectivity index (χ4v) is 3.30. The van der Waals surface area contributed by atoms with Crippen LogP contribution in [0.4, 0.5) is 0 Å². The molecule has 118 valence electrons. The van der Waals surface area contributed by atoms with Gasteiger partial charge in [-0.3, -0.25) is 9.78 Å². The minimum absolute atomic E-state index is 0.00260. The van der Waals surface area contributed by atoms with Crippen LogP contribution in [0.25, 0.3) is 0 Å². The summed E-state index contributed by atoms with van der Waals surface area (Å²) >= 11 is 1.63. The first-order chi connectivity index (χ1) is 10.4. The van der Waals surface area contributed by atoms with Gasteiger partial charge in [0, 0.05) is 36.3 Å². The summed E-state index contributed by atoms with van der Waals surface area (Å²) in [6.07, 6.45) is 3.06. The number of carbonyl (C=O) groups excluding carboxylic acids is 1. The monoisotopic (exact) mass is 316 g/mol. The summed E-state index contributed by atoms with van der Waals surface area (Å²) in [6.45, 7) is 6.53. The van der Waals surface area contributed by atoms with Crippen molar-refractivity contribution in [1.82, 2.24) is 9.88 Å². The lowest BCUT2D eigenvalue weighted by atomic mass is 9.83. The molecule has 1 amide bonds. The fraction of sp³-hybridized carbons (Fsp3) is 0.444. The molecule has 1 atom stereocenters. The Kier molecular flexibility index (Phi) is 5.35. The number of amides is 1. The van der Waals surface area contributed by atoms with Gasteiger partial charge in [0.2, 0.25) is 5.91 Å². The van der Waals surface area contributed by atoms with Crippen LogP contribution in [0.5, 0.6) is 0 Å².